The molecule has 5 atom stereocenters. The first-order valence-corrected chi connectivity index (χ1v) is 20.5. The predicted molar refractivity (Wildman–Crippen MR) is 211 cm³/mol. The molecule has 2 aliphatic rings. The summed E-state index contributed by atoms with van der Waals surface area (Å²) < 4.78 is 10.9. The van der Waals surface area contributed by atoms with Crippen LogP contribution in [-0.2, 0) is 36.8 Å². The Kier molecular flexibility index (Phi) is 18.9. The molecular formula is C43H67N5O6. The second-order valence-corrected chi connectivity index (χ2v) is 15.7. The van der Waals surface area contributed by atoms with Crippen LogP contribution in [0, 0.1) is 17.8 Å². The summed E-state index contributed by atoms with van der Waals surface area (Å²) in [6.45, 7) is 7.79. The van der Waals surface area contributed by atoms with Crippen molar-refractivity contribution in [2.75, 3.05) is 27.0 Å². The zero-order valence-corrected chi connectivity index (χ0v) is 33.2. The Hall–Kier alpha value is -3.38. The van der Waals surface area contributed by atoms with Crippen molar-refractivity contribution in [1.29, 1.82) is 0 Å². The van der Waals surface area contributed by atoms with Crippen LogP contribution in [0.3, 0.4) is 0 Å². The fraction of sp³-hybridized carbons (Fsp3) is 0.674. The fourth-order valence-corrected chi connectivity index (χ4v) is 7.93. The van der Waals surface area contributed by atoms with Crippen LogP contribution in [0.2, 0.25) is 0 Å². The number of aliphatic hydroxyl groups excluding tert-OH is 1. The van der Waals surface area contributed by atoms with Crippen molar-refractivity contribution < 1.29 is 29.0 Å². The molecule has 2 aromatic rings. The third kappa shape index (κ3) is 14.4. The lowest BCUT2D eigenvalue weighted by Crippen LogP contribution is -2.58. The number of nitrogens with one attached hydrogen (secondary N) is 3. The van der Waals surface area contributed by atoms with Crippen molar-refractivity contribution in [1.82, 2.24) is 25.8 Å². The second kappa shape index (κ2) is 23.5. The van der Waals surface area contributed by atoms with Gasteiger partial charge in [-0.1, -0.05) is 102 Å². The zero-order chi connectivity index (χ0) is 38.7. The molecule has 1 aliphatic carbocycles. The van der Waals surface area contributed by atoms with E-state index in [0.29, 0.717) is 44.8 Å². The van der Waals surface area contributed by atoms with Gasteiger partial charge in [0, 0.05) is 32.3 Å². The minimum Gasteiger partial charge on any atom is -0.391 e. The van der Waals surface area contributed by atoms with Crippen LogP contribution in [0.5, 0.6) is 0 Å². The van der Waals surface area contributed by atoms with Crippen LogP contribution in [0.15, 0.2) is 54.7 Å². The Morgan fingerprint density at radius 2 is 1.67 bits per heavy atom. The molecule has 0 bridgehead atoms. The van der Waals surface area contributed by atoms with Crippen LogP contribution in [-0.4, -0.2) is 90.0 Å². The van der Waals surface area contributed by atoms with Gasteiger partial charge in [0.2, 0.25) is 17.7 Å². The first-order valence-electron chi connectivity index (χ1n) is 20.5. The summed E-state index contributed by atoms with van der Waals surface area (Å²) in [4.78, 5) is 48.4. The second-order valence-electron chi connectivity index (χ2n) is 15.7. The fourth-order valence-electron chi connectivity index (χ4n) is 7.93. The minimum atomic E-state index is -0.918. The van der Waals surface area contributed by atoms with Gasteiger partial charge in [0.15, 0.2) is 0 Å². The minimum absolute atomic E-state index is 0.0188. The molecule has 1 aromatic carbocycles. The summed E-state index contributed by atoms with van der Waals surface area (Å²) in [6.07, 6.45) is 11.5. The van der Waals surface area contributed by atoms with Gasteiger partial charge in [-0.2, -0.15) is 0 Å². The number of pyridine rings is 1. The molecule has 4 rings (SSSR count). The summed E-state index contributed by atoms with van der Waals surface area (Å²) in [5, 5.41) is 21.7. The molecule has 54 heavy (non-hydrogen) atoms. The van der Waals surface area contributed by atoms with Gasteiger partial charge < -0.3 is 30.1 Å². The maximum Gasteiger partial charge on any atom is 0.240 e. The van der Waals surface area contributed by atoms with Gasteiger partial charge in [-0.3, -0.25) is 24.7 Å². The Labute approximate surface area is 323 Å². The number of rotatable bonds is 22. The molecule has 300 valence electrons. The van der Waals surface area contributed by atoms with Crippen LogP contribution in [0.4, 0.5) is 0 Å². The van der Waals surface area contributed by atoms with Gasteiger partial charge >= 0.3 is 0 Å². The number of carbonyl (C=O) groups is 3. The number of carbonyl (C=O) groups excluding carboxylic acids is 3. The number of piperidine rings is 1. The number of hydrogen-bond acceptors (Lipinski definition) is 8. The van der Waals surface area contributed by atoms with E-state index in [0.717, 1.165) is 62.6 Å². The molecule has 1 saturated carbocycles. The molecule has 0 spiro atoms. The molecule has 1 aromatic heterocycles. The number of aliphatic hydroxyl groups is 1. The number of ether oxygens (including phenoxy) is 2. The number of amides is 3. The first kappa shape index (κ1) is 43.3. The quantitative estimate of drug-likeness (QED) is 0.115. The normalized spacial score (nSPS) is 18.4. The van der Waals surface area contributed by atoms with Gasteiger partial charge in [-0.05, 0) is 68.1 Å². The lowest BCUT2D eigenvalue weighted by atomic mass is 9.81. The standard InChI is InChI=1S/C43H67N5O6/c1-5-6-20-37(46-39(27-33-17-11-8-12-18-33)43(52)48-24-21-35(22-25-48)54-30-53-4)42(51)47-38(26-32-15-9-7-10-16-32)40(49)28-36(31(2)3)41(50)45-29-34-19-13-14-23-44-34/h8,11-14,17-19,23,31-32,35-40,46,49H,5-7,9-10,15-16,20-22,24-30H2,1-4H3,(H,45,50)(H,47,51)/t36-,37-,38-,39-,40-/m0/s1. The third-order valence-corrected chi connectivity index (χ3v) is 11.2. The number of unbranched alkanes of at least 4 members (excludes halogenated alkanes) is 1. The number of nitrogens with zero attached hydrogens (tertiary/aromatic N) is 2. The number of hydrogen-bond donors (Lipinski definition) is 4. The van der Waals surface area contributed by atoms with E-state index in [4.69, 9.17) is 9.47 Å². The molecule has 3 amide bonds. The molecular weight excluding hydrogens is 683 g/mol. The number of likely N-dealkylation sites (tertiary alicyclic amines) is 1. The highest BCUT2D eigenvalue weighted by Crippen LogP contribution is 2.30. The summed E-state index contributed by atoms with van der Waals surface area (Å²) in [5.74, 6) is -0.429. The molecule has 2 fully saturated rings. The first-order chi connectivity index (χ1) is 26.2. The topological polar surface area (TPSA) is 142 Å². The van der Waals surface area contributed by atoms with Crippen molar-refractivity contribution in [2.45, 2.75) is 141 Å². The van der Waals surface area contributed by atoms with E-state index < -0.39 is 30.1 Å². The molecule has 0 unspecified atom stereocenters. The molecule has 4 N–H and O–H groups in total. The lowest BCUT2D eigenvalue weighted by Gasteiger charge is -2.36. The van der Waals surface area contributed by atoms with E-state index in [1.165, 1.54) is 6.42 Å². The largest absolute Gasteiger partial charge is 0.391 e. The van der Waals surface area contributed by atoms with E-state index >= 15 is 0 Å². The van der Waals surface area contributed by atoms with Gasteiger partial charge in [-0.25, -0.2) is 0 Å². The van der Waals surface area contributed by atoms with Crippen LogP contribution in [0.1, 0.15) is 109 Å². The molecule has 1 saturated heterocycles. The van der Waals surface area contributed by atoms with Gasteiger partial charge in [0.25, 0.3) is 0 Å². The number of benzene rings is 1. The predicted octanol–water partition coefficient (Wildman–Crippen LogP) is 5.55. The Bertz CT molecular complexity index is 1370. The smallest absolute Gasteiger partial charge is 0.240 e. The van der Waals surface area contributed by atoms with Crippen molar-refractivity contribution in [2.24, 2.45) is 17.8 Å². The molecule has 0 radical (unpaired) electrons. The van der Waals surface area contributed by atoms with Crippen molar-refractivity contribution in [3.05, 3.63) is 66.0 Å². The lowest BCUT2D eigenvalue weighted by molar-refractivity contribution is -0.139. The maximum absolute atomic E-state index is 14.4. The van der Waals surface area contributed by atoms with Gasteiger partial charge in [-0.15, -0.1) is 0 Å². The summed E-state index contributed by atoms with van der Waals surface area (Å²) >= 11 is 0. The average molecular weight is 750 g/mol. The van der Waals surface area contributed by atoms with Gasteiger partial charge in [0.1, 0.15) is 6.79 Å². The van der Waals surface area contributed by atoms with E-state index in [1.54, 1.807) is 13.3 Å². The third-order valence-electron chi connectivity index (χ3n) is 11.2. The highest BCUT2D eigenvalue weighted by atomic mass is 16.7. The van der Waals surface area contributed by atoms with E-state index in [9.17, 15) is 19.5 Å². The van der Waals surface area contributed by atoms with E-state index in [2.05, 4.69) is 27.9 Å². The maximum atomic E-state index is 14.4. The van der Waals surface area contributed by atoms with Crippen molar-refractivity contribution in [3.8, 4) is 0 Å². The highest BCUT2D eigenvalue weighted by molar-refractivity contribution is 5.86. The number of methoxy groups -OCH3 is 1. The summed E-state index contributed by atoms with van der Waals surface area (Å²) in [6, 6.07) is 13.8. The Morgan fingerprint density at radius 3 is 2.31 bits per heavy atom. The monoisotopic (exact) mass is 750 g/mol. The summed E-state index contributed by atoms with van der Waals surface area (Å²) in [5.41, 5.74) is 1.79. The van der Waals surface area contributed by atoms with Crippen LogP contribution in [0.25, 0.3) is 0 Å². The Balaban J connectivity index is 1.50. The average Bonchev–Trinajstić information content (AvgIpc) is 3.19. The van der Waals surface area contributed by atoms with Crippen molar-refractivity contribution >= 4 is 17.7 Å². The van der Waals surface area contributed by atoms with Crippen LogP contribution >= 0.6 is 0 Å². The molecule has 2 heterocycles. The van der Waals surface area contributed by atoms with E-state index in [1.807, 2.05) is 67.3 Å². The highest BCUT2D eigenvalue weighted by Gasteiger charge is 2.35. The Morgan fingerprint density at radius 1 is 0.944 bits per heavy atom. The molecule has 1 aliphatic heterocycles. The number of aromatic nitrogens is 1. The van der Waals surface area contributed by atoms with E-state index in [-0.39, 0.29) is 43.0 Å². The zero-order valence-electron chi connectivity index (χ0n) is 33.2. The summed E-state index contributed by atoms with van der Waals surface area (Å²) in [7, 11) is 1.61. The molecule has 11 heteroatoms. The SMILES string of the molecule is CCCC[C@H](N[C@@H](Cc1ccccc1)C(=O)N1CCC(OCOC)CC1)C(=O)N[C@@H](CC1CCCCC1)[C@@H](O)C[C@H](C(=O)NCc1ccccn1)C(C)C. The molecule has 11 nitrogen and oxygen atoms in total. The van der Waals surface area contributed by atoms with Crippen LogP contribution < -0.4 is 16.0 Å². The van der Waals surface area contributed by atoms with Crippen molar-refractivity contribution in [3.63, 3.8) is 0 Å². The van der Waals surface area contributed by atoms with Gasteiger partial charge in [0.05, 0.1) is 42.6 Å².